The summed E-state index contributed by atoms with van der Waals surface area (Å²) < 4.78 is 7.06. The van der Waals surface area contributed by atoms with Gasteiger partial charge in [0, 0.05) is 24.1 Å². The molecule has 0 aliphatic rings. The summed E-state index contributed by atoms with van der Waals surface area (Å²) in [5, 5.41) is 7.14. The van der Waals surface area contributed by atoms with Crippen LogP contribution >= 0.6 is 0 Å². The highest BCUT2D eigenvalue weighted by Crippen LogP contribution is 2.16. The third-order valence-electron chi connectivity index (χ3n) is 3.32. The normalized spacial score (nSPS) is 12.5. The summed E-state index contributed by atoms with van der Waals surface area (Å²) in [7, 11) is 0. The van der Waals surface area contributed by atoms with Gasteiger partial charge in [-0.05, 0) is 31.5 Å². The van der Waals surface area contributed by atoms with Crippen LogP contribution in [-0.4, -0.2) is 19.7 Å². The number of hydrogen-bond donors (Lipinski definition) is 1. The lowest BCUT2D eigenvalue weighted by Gasteiger charge is -2.13. The minimum absolute atomic E-state index is 0.203. The third kappa shape index (κ3) is 3.17. The Kier molecular flexibility index (Phi) is 3.79. The number of aromatic nitrogens is 4. The Hall–Kier alpha value is -2.47. The topological polar surface area (TPSA) is 68.8 Å². The van der Waals surface area contributed by atoms with Crippen LogP contribution in [0.5, 0.6) is 0 Å². The first-order valence-corrected chi connectivity index (χ1v) is 6.83. The second kappa shape index (κ2) is 5.88. The fourth-order valence-corrected chi connectivity index (χ4v) is 2.12. The molecule has 3 rings (SSSR count). The molecule has 0 radical (unpaired) electrons. The molecular weight excluding hydrogens is 266 g/mol. The lowest BCUT2D eigenvalue weighted by atomic mass is 10.1. The van der Waals surface area contributed by atoms with Crippen molar-refractivity contribution in [2.45, 2.75) is 26.4 Å². The van der Waals surface area contributed by atoms with Crippen LogP contribution in [0.25, 0.3) is 5.69 Å². The molecule has 0 fully saturated rings. The molecule has 2 heterocycles. The van der Waals surface area contributed by atoms with E-state index in [1.54, 1.807) is 12.5 Å². The van der Waals surface area contributed by atoms with Gasteiger partial charge in [-0.3, -0.25) is 0 Å². The molecular formula is C15H17N5O. The highest BCUT2D eigenvalue weighted by atomic mass is 16.5. The maximum absolute atomic E-state index is 5.08. The molecule has 1 aromatic carbocycles. The fourth-order valence-electron chi connectivity index (χ4n) is 2.12. The molecule has 0 bridgehead atoms. The maximum atomic E-state index is 5.08. The molecule has 6 heteroatoms. The van der Waals surface area contributed by atoms with Gasteiger partial charge < -0.3 is 14.4 Å². The molecule has 6 nitrogen and oxygen atoms in total. The average Bonchev–Trinajstić information content (AvgIpc) is 3.16. The Balaban J connectivity index is 1.63. The molecule has 0 aliphatic carbocycles. The summed E-state index contributed by atoms with van der Waals surface area (Å²) in [6, 6.07) is 8.56. The van der Waals surface area contributed by atoms with E-state index in [2.05, 4.69) is 51.6 Å². The van der Waals surface area contributed by atoms with Crippen LogP contribution in [-0.2, 0) is 6.54 Å². The van der Waals surface area contributed by atoms with Crippen molar-refractivity contribution < 1.29 is 4.52 Å². The lowest BCUT2D eigenvalue weighted by Crippen LogP contribution is -2.18. The van der Waals surface area contributed by atoms with Crippen molar-refractivity contribution in [3.05, 3.63) is 60.3 Å². The van der Waals surface area contributed by atoms with Crippen molar-refractivity contribution in [3.63, 3.8) is 0 Å². The number of aryl methyl sites for hydroxylation is 1. The van der Waals surface area contributed by atoms with Crippen LogP contribution < -0.4 is 5.32 Å². The Morgan fingerprint density at radius 3 is 2.71 bits per heavy atom. The van der Waals surface area contributed by atoms with Gasteiger partial charge in [-0.25, -0.2) is 4.98 Å². The van der Waals surface area contributed by atoms with Crippen molar-refractivity contribution in [1.29, 1.82) is 0 Å². The van der Waals surface area contributed by atoms with Crippen LogP contribution in [0, 0.1) is 6.92 Å². The van der Waals surface area contributed by atoms with Gasteiger partial charge >= 0.3 is 0 Å². The predicted molar refractivity (Wildman–Crippen MR) is 77.9 cm³/mol. The van der Waals surface area contributed by atoms with E-state index < -0.39 is 0 Å². The van der Waals surface area contributed by atoms with Crippen molar-refractivity contribution in [3.8, 4) is 5.69 Å². The van der Waals surface area contributed by atoms with E-state index in [4.69, 9.17) is 4.52 Å². The highest BCUT2D eigenvalue weighted by molar-refractivity contribution is 5.35. The number of nitrogens with zero attached hydrogens (tertiary/aromatic N) is 4. The maximum Gasteiger partial charge on any atom is 0.240 e. The van der Waals surface area contributed by atoms with E-state index in [1.165, 1.54) is 5.56 Å². The first kappa shape index (κ1) is 13.5. The summed E-state index contributed by atoms with van der Waals surface area (Å²) in [4.78, 5) is 8.22. The second-order valence-electron chi connectivity index (χ2n) is 4.90. The summed E-state index contributed by atoms with van der Waals surface area (Å²) in [5.74, 6) is 1.26. The molecule has 0 spiro atoms. The largest absolute Gasteiger partial charge is 0.338 e. The van der Waals surface area contributed by atoms with Gasteiger partial charge in [0.2, 0.25) is 5.89 Å². The summed E-state index contributed by atoms with van der Waals surface area (Å²) in [6.45, 7) is 4.48. The highest BCUT2D eigenvalue weighted by Gasteiger charge is 2.08. The minimum atomic E-state index is 0.203. The average molecular weight is 283 g/mol. The zero-order valence-corrected chi connectivity index (χ0v) is 12.0. The van der Waals surface area contributed by atoms with Crippen LogP contribution in [0.1, 0.15) is 30.2 Å². The molecule has 0 aliphatic heterocycles. The summed E-state index contributed by atoms with van der Waals surface area (Å²) in [6.07, 6.45) is 5.48. The quantitative estimate of drug-likeness (QED) is 0.778. The Morgan fingerprint density at radius 1 is 1.29 bits per heavy atom. The molecule has 3 aromatic rings. The van der Waals surface area contributed by atoms with Gasteiger partial charge in [0.05, 0.1) is 12.9 Å². The number of imidazole rings is 1. The van der Waals surface area contributed by atoms with E-state index >= 15 is 0 Å². The number of rotatable bonds is 5. The number of nitrogens with one attached hydrogen (secondary N) is 1. The number of hydrogen-bond acceptors (Lipinski definition) is 5. The molecule has 1 unspecified atom stereocenters. The van der Waals surface area contributed by atoms with E-state index in [1.807, 2.05) is 17.7 Å². The molecule has 2 aromatic heterocycles. The van der Waals surface area contributed by atoms with Crippen LogP contribution in [0.3, 0.4) is 0 Å². The van der Waals surface area contributed by atoms with Crippen LogP contribution in [0.2, 0.25) is 0 Å². The van der Waals surface area contributed by atoms with E-state index in [0.717, 1.165) is 5.69 Å². The van der Waals surface area contributed by atoms with E-state index in [-0.39, 0.29) is 6.04 Å². The van der Waals surface area contributed by atoms with E-state index in [0.29, 0.717) is 18.3 Å². The van der Waals surface area contributed by atoms with Gasteiger partial charge in [-0.15, -0.1) is 0 Å². The summed E-state index contributed by atoms with van der Waals surface area (Å²) >= 11 is 0. The zero-order chi connectivity index (χ0) is 14.7. The Bertz CT molecular complexity index is 687. The van der Waals surface area contributed by atoms with Crippen molar-refractivity contribution in [2.24, 2.45) is 0 Å². The van der Waals surface area contributed by atoms with Crippen molar-refractivity contribution in [2.75, 3.05) is 0 Å². The summed E-state index contributed by atoms with van der Waals surface area (Å²) in [5.41, 5.74) is 2.30. The Morgan fingerprint density at radius 2 is 2.10 bits per heavy atom. The fraction of sp³-hybridized carbons (Fsp3) is 0.267. The van der Waals surface area contributed by atoms with Crippen LogP contribution in [0.15, 0.2) is 47.5 Å². The monoisotopic (exact) mass is 283 g/mol. The first-order chi connectivity index (χ1) is 10.2. The molecule has 1 atom stereocenters. The zero-order valence-electron chi connectivity index (χ0n) is 12.0. The van der Waals surface area contributed by atoms with E-state index in [9.17, 15) is 0 Å². The van der Waals surface area contributed by atoms with Gasteiger partial charge in [0.25, 0.3) is 0 Å². The molecule has 0 saturated carbocycles. The molecule has 0 amide bonds. The molecule has 108 valence electrons. The predicted octanol–water partition coefficient (Wildman–Crippen LogP) is 2.41. The van der Waals surface area contributed by atoms with Crippen LogP contribution in [0.4, 0.5) is 0 Å². The lowest BCUT2D eigenvalue weighted by molar-refractivity contribution is 0.357. The molecule has 0 saturated heterocycles. The van der Waals surface area contributed by atoms with Gasteiger partial charge in [-0.2, -0.15) is 4.98 Å². The molecule has 21 heavy (non-hydrogen) atoms. The standard InChI is InChI=1S/C15H17N5O/c1-11(17-9-15-18-12(2)19-21-15)13-3-5-14(6-4-13)20-8-7-16-10-20/h3-8,10-11,17H,9H2,1-2H3. The second-order valence-corrected chi connectivity index (χ2v) is 4.90. The van der Waals surface area contributed by atoms with Crippen molar-refractivity contribution >= 4 is 0 Å². The third-order valence-corrected chi connectivity index (χ3v) is 3.32. The smallest absolute Gasteiger partial charge is 0.240 e. The van der Waals surface area contributed by atoms with Crippen molar-refractivity contribution in [1.82, 2.24) is 25.0 Å². The first-order valence-electron chi connectivity index (χ1n) is 6.83. The minimum Gasteiger partial charge on any atom is -0.338 e. The SMILES string of the molecule is Cc1noc(CNC(C)c2ccc(-n3ccnc3)cc2)n1. The molecule has 1 N–H and O–H groups in total. The number of benzene rings is 1. The van der Waals surface area contributed by atoms with Gasteiger partial charge in [0.15, 0.2) is 5.82 Å². The van der Waals surface area contributed by atoms with Gasteiger partial charge in [-0.1, -0.05) is 17.3 Å². The van der Waals surface area contributed by atoms with Gasteiger partial charge in [0.1, 0.15) is 0 Å². The Labute approximate surface area is 122 Å².